The molecule has 1 aliphatic heterocycles. The first-order chi connectivity index (χ1) is 16.9. The summed E-state index contributed by atoms with van der Waals surface area (Å²) in [7, 11) is 0. The van der Waals surface area contributed by atoms with Crippen molar-refractivity contribution >= 4 is 23.4 Å². The van der Waals surface area contributed by atoms with Crippen LogP contribution >= 0.6 is 11.6 Å². The largest absolute Gasteiger partial charge is 0.486 e. The molecule has 0 fully saturated rings. The summed E-state index contributed by atoms with van der Waals surface area (Å²) in [5.74, 6) is -0.542. The molecule has 1 aliphatic carbocycles. The van der Waals surface area contributed by atoms with Gasteiger partial charge in [0.15, 0.2) is 0 Å². The second-order valence-corrected chi connectivity index (χ2v) is 9.02. The number of nitrogens with zero attached hydrogens (tertiary/aromatic N) is 1. The summed E-state index contributed by atoms with van der Waals surface area (Å²) in [5.41, 5.74) is 2.04. The molecule has 4 atom stereocenters. The molecule has 0 saturated heterocycles. The second-order valence-electron chi connectivity index (χ2n) is 8.58. The molecule has 0 spiro atoms. The quantitative estimate of drug-likeness (QED) is 0.488. The molecule has 1 heterocycles. The van der Waals surface area contributed by atoms with Gasteiger partial charge >= 0.3 is 0 Å². The number of allylic oxidation sites excluding steroid dienone is 1. The number of carbonyl (C=O) groups is 2. The number of halogens is 1. The fourth-order valence-corrected chi connectivity index (χ4v) is 4.75. The number of para-hydroxylation sites is 1. The van der Waals surface area contributed by atoms with Crippen LogP contribution in [-0.4, -0.2) is 58.3 Å². The topological polar surface area (TPSA) is 99.1 Å². The fourth-order valence-electron chi connectivity index (χ4n) is 4.62. The third-order valence-electron chi connectivity index (χ3n) is 6.28. The van der Waals surface area contributed by atoms with Gasteiger partial charge in [0.1, 0.15) is 18.0 Å². The molecular weight excluding hydrogens is 468 g/mol. The van der Waals surface area contributed by atoms with Crippen LogP contribution in [0.15, 0.2) is 72.3 Å². The van der Waals surface area contributed by atoms with E-state index < -0.39 is 24.2 Å². The number of aliphatic hydroxyl groups is 2. The van der Waals surface area contributed by atoms with Gasteiger partial charge in [-0.1, -0.05) is 54.9 Å². The van der Waals surface area contributed by atoms with Crippen molar-refractivity contribution in [3.8, 4) is 5.75 Å². The van der Waals surface area contributed by atoms with E-state index in [1.165, 1.54) is 6.08 Å². The highest BCUT2D eigenvalue weighted by atomic mass is 35.5. The molecule has 7 nitrogen and oxygen atoms in total. The lowest BCUT2D eigenvalue weighted by Crippen LogP contribution is -2.55. The normalized spacial score (nSPS) is 22.7. The summed E-state index contributed by atoms with van der Waals surface area (Å²) >= 11 is 6.03. The standard InChI is InChI=1S/C27H29ClN2O5/c1-2-3-8-23(32)30(16-17-9-11-18(28)12-10-17)21-15-20(27(34)29-13-14-31)24-19-6-4-5-7-22(19)35-26(24)25(21)33/h3-12,15,21,24-26,31,33H,2,13-14,16H2,1H3,(H,29,34). The maximum absolute atomic E-state index is 13.3. The molecule has 0 radical (unpaired) electrons. The molecule has 2 aromatic carbocycles. The molecule has 3 N–H and O–H groups in total. The number of hydrogen-bond acceptors (Lipinski definition) is 5. The summed E-state index contributed by atoms with van der Waals surface area (Å²) in [4.78, 5) is 28.0. The van der Waals surface area contributed by atoms with Gasteiger partial charge in [0.25, 0.3) is 0 Å². The average molecular weight is 497 g/mol. The van der Waals surface area contributed by atoms with E-state index in [9.17, 15) is 19.8 Å². The molecule has 2 amide bonds. The minimum absolute atomic E-state index is 0.0932. The lowest BCUT2D eigenvalue weighted by Gasteiger charge is -2.40. The predicted octanol–water partition coefficient (Wildman–Crippen LogP) is 2.96. The number of hydrogen-bond donors (Lipinski definition) is 3. The minimum atomic E-state index is -1.08. The first-order valence-electron chi connectivity index (χ1n) is 11.7. The zero-order valence-electron chi connectivity index (χ0n) is 19.4. The molecule has 4 unspecified atom stereocenters. The maximum atomic E-state index is 13.3. The number of ether oxygens (including phenoxy) is 1. The number of rotatable bonds is 8. The summed E-state index contributed by atoms with van der Waals surface area (Å²) in [6, 6.07) is 13.7. The monoisotopic (exact) mass is 496 g/mol. The van der Waals surface area contributed by atoms with Crippen molar-refractivity contribution in [1.29, 1.82) is 0 Å². The number of benzene rings is 2. The van der Waals surface area contributed by atoms with Gasteiger partial charge in [-0.3, -0.25) is 9.59 Å². The van der Waals surface area contributed by atoms with Crippen LogP contribution in [0.25, 0.3) is 0 Å². The van der Waals surface area contributed by atoms with Gasteiger partial charge in [0.2, 0.25) is 11.8 Å². The highest BCUT2D eigenvalue weighted by molar-refractivity contribution is 6.30. The molecule has 8 heteroatoms. The van der Waals surface area contributed by atoms with Crippen LogP contribution in [0.1, 0.15) is 30.4 Å². The van der Waals surface area contributed by atoms with E-state index in [4.69, 9.17) is 16.3 Å². The van der Waals surface area contributed by atoms with Crippen LogP contribution in [0, 0.1) is 0 Å². The second kappa shape index (κ2) is 11.1. The van der Waals surface area contributed by atoms with Crippen LogP contribution in [-0.2, 0) is 16.1 Å². The average Bonchev–Trinajstić information content (AvgIpc) is 3.26. The van der Waals surface area contributed by atoms with Crippen LogP contribution in [0.3, 0.4) is 0 Å². The number of fused-ring (bicyclic) bond motifs is 3. The predicted molar refractivity (Wildman–Crippen MR) is 133 cm³/mol. The number of carbonyl (C=O) groups excluding carboxylic acids is 2. The van der Waals surface area contributed by atoms with E-state index in [2.05, 4.69) is 5.32 Å². The highest BCUT2D eigenvalue weighted by Gasteiger charge is 2.50. The molecule has 0 bridgehead atoms. The van der Waals surface area contributed by atoms with E-state index in [1.807, 2.05) is 37.3 Å². The minimum Gasteiger partial charge on any atom is -0.486 e. The van der Waals surface area contributed by atoms with Gasteiger partial charge in [-0.2, -0.15) is 0 Å². The SMILES string of the molecule is CCC=CC(=O)N(Cc1ccc(Cl)cc1)C1C=C(C(=O)NCCO)C2c3ccccc3OC2C1O. The molecule has 0 saturated carbocycles. The summed E-state index contributed by atoms with van der Waals surface area (Å²) in [6.07, 6.45) is 3.77. The summed E-state index contributed by atoms with van der Waals surface area (Å²) < 4.78 is 6.12. The Morgan fingerprint density at radius 2 is 1.91 bits per heavy atom. The molecule has 2 aromatic rings. The van der Waals surface area contributed by atoms with Crippen molar-refractivity contribution in [2.45, 2.75) is 44.1 Å². The molecular formula is C27H29ClN2O5. The Morgan fingerprint density at radius 1 is 1.17 bits per heavy atom. The molecule has 2 aliphatic rings. The van der Waals surface area contributed by atoms with Crippen molar-refractivity contribution in [2.24, 2.45) is 0 Å². The Labute approximate surface area is 209 Å². The van der Waals surface area contributed by atoms with Gasteiger partial charge in [-0.05, 0) is 42.3 Å². The van der Waals surface area contributed by atoms with Crippen molar-refractivity contribution in [3.05, 3.63) is 88.5 Å². The van der Waals surface area contributed by atoms with E-state index >= 15 is 0 Å². The maximum Gasteiger partial charge on any atom is 0.247 e. The lowest BCUT2D eigenvalue weighted by molar-refractivity contribution is -0.132. The zero-order chi connectivity index (χ0) is 24.9. The van der Waals surface area contributed by atoms with E-state index in [0.717, 1.165) is 11.1 Å². The molecule has 4 rings (SSSR count). The van der Waals surface area contributed by atoms with E-state index in [0.29, 0.717) is 22.8 Å². The van der Waals surface area contributed by atoms with Gasteiger partial charge < -0.3 is 25.2 Å². The Hall–Kier alpha value is -3.13. The van der Waals surface area contributed by atoms with Crippen LogP contribution < -0.4 is 10.1 Å². The third kappa shape index (κ3) is 5.27. The van der Waals surface area contributed by atoms with Gasteiger partial charge in [-0.15, -0.1) is 0 Å². The van der Waals surface area contributed by atoms with E-state index in [1.54, 1.807) is 35.3 Å². The highest BCUT2D eigenvalue weighted by Crippen LogP contribution is 2.47. The summed E-state index contributed by atoms with van der Waals surface area (Å²) in [6.45, 7) is 2.03. The number of amides is 2. The molecule has 35 heavy (non-hydrogen) atoms. The first-order valence-corrected chi connectivity index (χ1v) is 12.1. The van der Waals surface area contributed by atoms with Crippen molar-refractivity contribution in [1.82, 2.24) is 10.2 Å². The third-order valence-corrected chi connectivity index (χ3v) is 6.53. The molecule has 0 aromatic heterocycles. The van der Waals surface area contributed by atoms with Crippen LogP contribution in [0.4, 0.5) is 0 Å². The fraction of sp³-hybridized carbons (Fsp3) is 0.333. The van der Waals surface area contributed by atoms with Gasteiger partial charge in [0, 0.05) is 29.2 Å². The first kappa shape index (κ1) is 25.0. The van der Waals surface area contributed by atoms with Crippen LogP contribution in [0.5, 0.6) is 5.75 Å². The number of aliphatic hydroxyl groups excluding tert-OH is 2. The van der Waals surface area contributed by atoms with Gasteiger partial charge in [0.05, 0.1) is 18.6 Å². The Morgan fingerprint density at radius 3 is 2.63 bits per heavy atom. The Bertz CT molecular complexity index is 1130. The Balaban J connectivity index is 1.76. The summed E-state index contributed by atoms with van der Waals surface area (Å²) in [5, 5.41) is 24.0. The Kier molecular flexibility index (Phi) is 7.90. The van der Waals surface area contributed by atoms with Crippen molar-refractivity contribution < 1.29 is 24.5 Å². The zero-order valence-corrected chi connectivity index (χ0v) is 20.2. The van der Waals surface area contributed by atoms with E-state index in [-0.39, 0.29) is 31.5 Å². The van der Waals surface area contributed by atoms with Crippen molar-refractivity contribution in [2.75, 3.05) is 13.2 Å². The van der Waals surface area contributed by atoms with Crippen molar-refractivity contribution in [3.63, 3.8) is 0 Å². The van der Waals surface area contributed by atoms with Gasteiger partial charge in [-0.25, -0.2) is 0 Å². The van der Waals surface area contributed by atoms with Crippen LogP contribution in [0.2, 0.25) is 5.02 Å². The lowest BCUT2D eigenvalue weighted by atomic mass is 9.77. The number of nitrogens with one attached hydrogen (secondary N) is 1. The molecule has 184 valence electrons. The smallest absolute Gasteiger partial charge is 0.247 e.